The van der Waals surface area contributed by atoms with Crippen LogP contribution in [-0.2, 0) is 14.8 Å². The molecule has 9 heteroatoms. The fraction of sp³-hybridized carbons (Fsp3) is 0.263. The molecule has 28 heavy (non-hydrogen) atoms. The summed E-state index contributed by atoms with van der Waals surface area (Å²) in [5.41, 5.74) is 4.53. The number of nitrogens with zero attached hydrogens (tertiary/aromatic N) is 3. The first kappa shape index (κ1) is 21.2. The lowest BCUT2D eigenvalue weighted by atomic mass is 10.2. The Labute approximate surface area is 165 Å². The Morgan fingerprint density at radius 3 is 2.39 bits per heavy atom. The minimum atomic E-state index is -3.67. The molecule has 0 unspecified atom stereocenters. The zero-order valence-corrected chi connectivity index (χ0v) is 17.1. The lowest BCUT2D eigenvalue weighted by Gasteiger charge is -2.21. The van der Waals surface area contributed by atoms with Crippen LogP contribution >= 0.6 is 0 Å². The Kier molecular flexibility index (Phi) is 7.00. The first-order valence-electron chi connectivity index (χ1n) is 8.42. The van der Waals surface area contributed by atoms with Gasteiger partial charge in [-0.25, -0.2) is 13.8 Å². The van der Waals surface area contributed by atoms with E-state index >= 15 is 0 Å². The number of anilines is 2. The predicted octanol–water partition coefficient (Wildman–Crippen LogP) is 1.68. The van der Waals surface area contributed by atoms with Crippen molar-refractivity contribution in [1.82, 2.24) is 5.43 Å². The highest BCUT2D eigenvalue weighted by atomic mass is 32.2. The number of sulfonamides is 1. The molecule has 0 aliphatic heterocycles. The van der Waals surface area contributed by atoms with E-state index in [-0.39, 0.29) is 0 Å². The summed E-state index contributed by atoms with van der Waals surface area (Å²) in [6, 6.07) is 14.1. The number of carbonyl (C=O) groups is 1. The molecule has 0 saturated heterocycles. The van der Waals surface area contributed by atoms with Gasteiger partial charge in [-0.05, 0) is 29.8 Å². The average Bonchev–Trinajstić information content (AvgIpc) is 2.65. The Bertz CT molecular complexity index is 941. The van der Waals surface area contributed by atoms with Gasteiger partial charge >= 0.3 is 0 Å². The van der Waals surface area contributed by atoms with E-state index in [9.17, 15) is 13.2 Å². The number of benzene rings is 2. The third-order valence-corrected chi connectivity index (χ3v) is 4.98. The molecule has 0 aliphatic carbocycles. The van der Waals surface area contributed by atoms with Crippen LogP contribution in [0.2, 0.25) is 0 Å². The van der Waals surface area contributed by atoms with Crippen molar-refractivity contribution < 1.29 is 17.9 Å². The van der Waals surface area contributed by atoms with Crippen molar-refractivity contribution >= 4 is 33.5 Å². The van der Waals surface area contributed by atoms with Gasteiger partial charge in [0.05, 0.1) is 25.3 Å². The highest BCUT2D eigenvalue weighted by Crippen LogP contribution is 2.22. The van der Waals surface area contributed by atoms with Gasteiger partial charge in [-0.1, -0.05) is 18.2 Å². The normalized spacial score (nSPS) is 11.3. The highest BCUT2D eigenvalue weighted by Gasteiger charge is 2.21. The molecular weight excluding hydrogens is 380 g/mol. The van der Waals surface area contributed by atoms with Crippen LogP contribution in [-0.4, -0.2) is 54.5 Å². The summed E-state index contributed by atoms with van der Waals surface area (Å²) < 4.78 is 30.3. The lowest BCUT2D eigenvalue weighted by Crippen LogP contribution is -2.39. The number of rotatable bonds is 8. The van der Waals surface area contributed by atoms with Crippen molar-refractivity contribution in [2.45, 2.75) is 0 Å². The monoisotopic (exact) mass is 404 g/mol. The molecule has 2 aromatic rings. The largest absolute Gasteiger partial charge is 0.497 e. The summed E-state index contributed by atoms with van der Waals surface area (Å²) in [5.74, 6) is -0.0693. The van der Waals surface area contributed by atoms with Crippen LogP contribution in [0.1, 0.15) is 5.56 Å². The SMILES string of the molecule is COc1cccc(N(CC(=O)N/N=C\c2ccc(N(C)C)cc2)S(C)(=O)=O)c1. The molecule has 150 valence electrons. The van der Waals surface area contributed by atoms with Crippen LogP contribution in [0, 0.1) is 0 Å². The number of amides is 1. The van der Waals surface area contributed by atoms with Crippen molar-refractivity contribution in [2.75, 3.05) is 43.2 Å². The van der Waals surface area contributed by atoms with Crippen molar-refractivity contribution in [3.63, 3.8) is 0 Å². The van der Waals surface area contributed by atoms with Gasteiger partial charge in [0.2, 0.25) is 10.0 Å². The number of ether oxygens (including phenoxy) is 1. The quantitative estimate of drug-likeness (QED) is 0.534. The third kappa shape index (κ3) is 5.98. The van der Waals surface area contributed by atoms with E-state index in [1.54, 1.807) is 24.3 Å². The van der Waals surface area contributed by atoms with Gasteiger partial charge in [-0.2, -0.15) is 5.10 Å². The van der Waals surface area contributed by atoms with E-state index in [0.29, 0.717) is 11.4 Å². The van der Waals surface area contributed by atoms with Crippen LogP contribution in [0.5, 0.6) is 5.75 Å². The number of hydrazone groups is 1. The molecule has 1 amide bonds. The van der Waals surface area contributed by atoms with E-state index in [2.05, 4.69) is 10.5 Å². The number of nitrogens with one attached hydrogen (secondary N) is 1. The van der Waals surface area contributed by atoms with E-state index in [1.165, 1.54) is 13.3 Å². The summed E-state index contributed by atoms with van der Waals surface area (Å²) in [7, 11) is 1.70. The molecule has 0 spiro atoms. The first-order valence-corrected chi connectivity index (χ1v) is 10.3. The highest BCUT2D eigenvalue weighted by molar-refractivity contribution is 7.92. The molecular formula is C19H24N4O4S. The van der Waals surface area contributed by atoms with Gasteiger partial charge in [0.1, 0.15) is 12.3 Å². The second kappa shape index (κ2) is 9.23. The number of hydrogen-bond acceptors (Lipinski definition) is 6. The zero-order valence-electron chi connectivity index (χ0n) is 16.3. The van der Waals surface area contributed by atoms with Crippen LogP contribution in [0.4, 0.5) is 11.4 Å². The maximum absolute atomic E-state index is 12.2. The maximum Gasteiger partial charge on any atom is 0.260 e. The number of methoxy groups -OCH3 is 1. The maximum atomic E-state index is 12.2. The van der Waals surface area contributed by atoms with Gasteiger partial charge in [0.15, 0.2) is 0 Å². The van der Waals surface area contributed by atoms with Crippen LogP contribution in [0.3, 0.4) is 0 Å². The van der Waals surface area contributed by atoms with Crippen LogP contribution in [0.15, 0.2) is 53.6 Å². The minimum Gasteiger partial charge on any atom is -0.497 e. The Morgan fingerprint density at radius 1 is 1.14 bits per heavy atom. The topological polar surface area (TPSA) is 91.3 Å². The first-order chi connectivity index (χ1) is 13.2. The van der Waals surface area contributed by atoms with E-state index in [0.717, 1.165) is 21.8 Å². The summed E-state index contributed by atoms with van der Waals surface area (Å²) in [5, 5.41) is 3.89. The molecule has 0 heterocycles. The second-order valence-corrected chi connectivity index (χ2v) is 8.16. The fourth-order valence-corrected chi connectivity index (χ4v) is 3.22. The Hall–Kier alpha value is -3.07. The molecule has 0 bridgehead atoms. The van der Waals surface area contributed by atoms with Gasteiger partial charge in [-0.15, -0.1) is 0 Å². The van der Waals surface area contributed by atoms with E-state index in [4.69, 9.17) is 4.74 Å². The molecule has 0 fully saturated rings. The van der Waals surface area contributed by atoms with Gasteiger partial charge in [0, 0.05) is 25.8 Å². The lowest BCUT2D eigenvalue weighted by molar-refractivity contribution is -0.119. The second-order valence-electron chi connectivity index (χ2n) is 6.25. The minimum absolute atomic E-state index is 0.334. The summed E-state index contributed by atoms with van der Waals surface area (Å²) in [4.78, 5) is 14.2. The molecule has 1 N–H and O–H groups in total. The molecule has 2 aromatic carbocycles. The molecule has 0 aromatic heterocycles. The fourth-order valence-electron chi connectivity index (χ4n) is 2.37. The molecule has 8 nitrogen and oxygen atoms in total. The summed E-state index contributed by atoms with van der Waals surface area (Å²) >= 11 is 0. The van der Waals surface area contributed by atoms with Crippen molar-refractivity contribution in [1.29, 1.82) is 0 Å². The summed E-state index contributed by atoms with van der Waals surface area (Å²) in [6.45, 7) is -0.400. The molecule has 0 saturated carbocycles. The van der Waals surface area contributed by atoms with E-state index < -0.39 is 22.5 Å². The molecule has 2 rings (SSSR count). The van der Waals surface area contributed by atoms with Gasteiger partial charge < -0.3 is 9.64 Å². The number of carbonyl (C=O) groups excluding carboxylic acids is 1. The van der Waals surface area contributed by atoms with Crippen molar-refractivity contribution in [2.24, 2.45) is 5.10 Å². The van der Waals surface area contributed by atoms with E-state index in [1.807, 2.05) is 43.3 Å². The zero-order chi connectivity index (χ0) is 20.7. The smallest absolute Gasteiger partial charge is 0.260 e. The summed E-state index contributed by atoms with van der Waals surface area (Å²) in [6.07, 6.45) is 2.53. The Morgan fingerprint density at radius 2 is 1.82 bits per heavy atom. The van der Waals surface area contributed by atoms with Crippen molar-refractivity contribution in [3.8, 4) is 5.75 Å². The third-order valence-electron chi connectivity index (χ3n) is 3.84. The van der Waals surface area contributed by atoms with Crippen molar-refractivity contribution in [3.05, 3.63) is 54.1 Å². The standard InChI is InChI=1S/C19H24N4O4S/c1-22(2)16-10-8-15(9-11-16)13-20-21-19(24)14-23(28(4,25)26)17-6-5-7-18(12-17)27-3/h5-13H,14H2,1-4H3,(H,21,24)/b20-13-. The molecule has 0 radical (unpaired) electrons. The van der Waals surface area contributed by atoms with Gasteiger partial charge in [0.25, 0.3) is 5.91 Å². The van der Waals surface area contributed by atoms with Crippen LogP contribution < -0.4 is 19.4 Å². The van der Waals surface area contributed by atoms with Gasteiger partial charge in [-0.3, -0.25) is 9.10 Å². The predicted molar refractivity (Wildman–Crippen MR) is 112 cm³/mol. The number of hydrogen-bond donors (Lipinski definition) is 1. The Balaban J connectivity index is 2.05. The van der Waals surface area contributed by atoms with Crippen LogP contribution in [0.25, 0.3) is 0 Å². The molecule has 0 atom stereocenters. The average molecular weight is 404 g/mol. The molecule has 0 aliphatic rings.